The summed E-state index contributed by atoms with van der Waals surface area (Å²) in [5.41, 5.74) is 0.0770. The molecule has 0 atom stereocenters. The van der Waals surface area contributed by atoms with E-state index >= 15 is 0 Å². The van der Waals surface area contributed by atoms with Gasteiger partial charge in [-0.25, -0.2) is 21.6 Å². The van der Waals surface area contributed by atoms with Crippen molar-refractivity contribution in [3.05, 3.63) is 29.8 Å². The molecule has 0 aliphatic rings. The van der Waals surface area contributed by atoms with Gasteiger partial charge in [0.1, 0.15) is 0 Å². The Morgan fingerprint density at radius 3 is 1.89 bits per heavy atom. The van der Waals surface area contributed by atoms with E-state index in [1.165, 1.54) is 24.3 Å². The lowest BCUT2D eigenvalue weighted by atomic mass is 10.2. The van der Waals surface area contributed by atoms with Crippen molar-refractivity contribution in [1.82, 2.24) is 4.72 Å². The van der Waals surface area contributed by atoms with Gasteiger partial charge in [0.25, 0.3) is 5.91 Å². The summed E-state index contributed by atoms with van der Waals surface area (Å²) in [6.07, 6.45) is 0.864. The zero-order chi connectivity index (χ0) is 14.8. The Morgan fingerprint density at radius 1 is 1.05 bits per heavy atom. The van der Waals surface area contributed by atoms with Gasteiger partial charge in [0.15, 0.2) is 9.84 Å². The molecule has 6 nitrogen and oxygen atoms in total. The van der Waals surface area contributed by atoms with Crippen LogP contribution in [0, 0.1) is 0 Å². The number of sulfonamides is 1. The molecule has 1 rings (SSSR count). The van der Waals surface area contributed by atoms with Crippen molar-refractivity contribution in [2.45, 2.75) is 24.0 Å². The van der Waals surface area contributed by atoms with Crippen molar-refractivity contribution in [2.75, 3.05) is 6.26 Å². The van der Waals surface area contributed by atoms with Crippen LogP contribution >= 0.6 is 0 Å². The molecule has 0 saturated heterocycles. The van der Waals surface area contributed by atoms with E-state index in [2.05, 4.69) is 0 Å². The van der Waals surface area contributed by atoms with Crippen LogP contribution in [-0.2, 0) is 19.9 Å². The third-order valence-corrected chi connectivity index (χ3v) is 5.07. The zero-order valence-corrected chi connectivity index (χ0v) is 12.4. The highest BCUT2D eigenvalue weighted by atomic mass is 32.2. The SMILES string of the molecule is CC(C)S(=O)(=O)c1ccc(C(=O)NS(C)(=O)=O)cc1. The fourth-order valence-electron chi connectivity index (χ4n) is 1.30. The van der Waals surface area contributed by atoms with E-state index in [1.807, 2.05) is 0 Å². The lowest BCUT2D eigenvalue weighted by Gasteiger charge is -2.08. The van der Waals surface area contributed by atoms with E-state index in [1.54, 1.807) is 18.6 Å². The van der Waals surface area contributed by atoms with Crippen LogP contribution in [0.2, 0.25) is 0 Å². The summed E-state index contributed by atoms with van der Waals surface area (Å²) in [6, 6.07) is 5.12. The molecule has 1 aromatic carbocycles. The number of benzene rings is 1. The minimum absolute atomic E-state index is 0.0770. The number of amides is 1. The van der Waals surface area contributed by atoms with Gasteiger partial charge < -0.3 is 0 Å². The quantitative estimate of drug-likeness (QED) is 0.876. The van der Waals surface area contributed by atoms with Crippen molar-refractivity contribution in [3.63, 3.8) is 0 Å². The molecular weight excluding hydrogens is 290 g/mol. The molecule has 19 heavy (non-hydrogen) atoms. The zero-order valence-electron chi connectivity index (χ0n) is 10.7. The maximum Gasteiger partial charge on any atom is 0.264 e. The number of hydrogen-bond acceptors (Lipinski definition) is 5. The summed E-state index contributed by atoms with van der Waals surface area (Å²) in [7, 11) is -7.05. The summed E-state index contributed by atoms with van der Waals surface area (Å²) in [6.45, 7) is 3.11. The van der Waals surface area contributed by atoms with E-state index < -0.39 is 31.0 Å². The van der Waals surface area contributed by atoms with Gasteiger partial charge in [-0.3, -0.25) is 4.79 Å². The molecule has 0 radical (unpaired) electrons. The van der Waals surface area contributed by atoms with Gasteiger partial charge in [0.05, 0.1) is 16.4 Å². The summed E-state index contributed by atoms with van der Waals surface area (Å²) in [5.74, 6) is -0.795. The second-order valence-electron chi connectivity index (χ2n) is 4.32. The van der Waals surface area contributed by atoms with Crippen LogP contribution in [0.15, 0.2) is 29.2 Å². The lowest BCUT2D eigenvalue weighted by Crippen LogP contribution is -2.29. The van der Waals surface area contributed by atoms with Crippen LogP contribution in [0.1, 0.15) is 24.2 Å². The predicted molar refractivity (Wildman–Crippen MR) is 71.1 cm³/mol. The molecule has 0 aliphatic heterocycles. The molecule has 0 spiro atoms. The Balaban J connectivity index is 3.04. The van der Waals surface area contributed by atoms with Gasteiger partial charge in [0.2, 0.25) is 10.0 Å². The topological polar surface area (TPSA) is 97.4 Å². The van der Waals surface area contributed by atoms with Gasteiger partial charge in [-0.15, -0.1) is 0 Å². The van der Waals surface area contributed by atoms with Gasteiger partial charge in [-0.2, -0.15) is 0 Å². The Hall–Kier alpha value is -1.41. The first-order valence-electron chi connectivity index (χ1n) is 5.40. The Labute approximate surface area is 112 Å². The van der Waals surface area contributed by atoms with Crippen LogP contribution < -0.4 is 4.72 Å². The molecule has 8 heteroatoms. The van der Waals surface area contributed by atoms with Crippen molar-refractivity contribution in [1.29, 1.82) is 0 Å². The van der Waals surface area contributed by atoms with Gasteiger partial charge in [-0.1, -0.05) is 0 Å². The smallest absolute Gasteiger partial charge is 0.264 e. The maximum atomic E-state index is 11.8. The fourth-order valence-corrected chi connectivity index (χ4v) is 2.81. The molecule has 1 amide bonds. The molecule has 1 aromatic rings. The molecule has 106 valence electrons. The Kier molecular flexibility index (Phi) is 4.36. The third-order valence-electron chi connectivity index (χ3n) is 2.34. The largest absolute Gasteiger partial charge is 0.268 e. The Bertz CT molecular complexity index is 672. The predicted octanol–water partition coefficient (Wildman–Crippen LogP) is 0.558. The number of sulfone groups is 1. The van der Waals surface area contributed by atoms with Crippen molar-refractivity contribution < 1.29 is 21.6 Å². The molecular formula is C11H15NO5S2. The van der Waals surface area contributed by atoms with Gasteiger partial charge >= 0.3 is 0 Å². The van der Waals surface area contributed by atoms with Crippen LogP contribution in [0.5, 0.6) is 0 Å². The molecule has 0 aromatic heterocycles. The fraction of sp³-hybridized carbons (Fsp3) is 0.364. The first-order chi connectivity index (χ1) is 8.54. The van der Waals surface area contributed by atoms with Crippen LogP contribution in [-0.4, -0.2) is 34.2 Å². The third kappa shape index (κ3) is 4.03. The van der Waals surface area contributed by atoms with Gasteiger partial charge in [-0.05, 0) is 38.1 Å². The number of carbonyl (C=O) groups excluding carboxylic acids is 1. The first kappa shape index (κ1) is 15.6. The average Bonchev–Trinajstić information content (AvgIpc) is 2.26. The van der Waals surface area contributed by atoms with Crippen LogP contribution in [0.25, 0.3) is 0 Å². The Morgan fingerprint density at radius 2 is 1.53 bits per heavy atom. The summed E-state index contributed by atoms with van der Waals surface area (Å²) < 4.78 is 47.3. The summed E-state index contributed by atoms with van der Waals surface area (Å²) in [4.78, 5) is 11.6. The van der Waals surface area contributed by atoms with E-state index in [4.69, 9.17) is 0 Å². The van der Waals surface area contributed by atoms with E-state index in [0.29, 0.717) is 0 Å². The molecule has 1 N–H and O–H groups in total. The van der Waals surface area contributed by atoms with Gasteiger partial charge in [0, 0.05) is 5.56 Å². The molecule has 0 saturated carbocycles. The molecule has 0 bridgehead atoms. The molecule has 0 unspecified atom stereocenters. The van der Waals surface area contributed by atoms with Crippen molar-refractivity contribution in [3.8, 4) is 0 Å². The number of nitrogens with one attached hydrogen (secondary N) is 1. The van der Waals surface area contributed by atoms with Crippen LogP contribution in [0.3, 0.4) is 0 Å². The summed E-state index contributed by atoms with van der Waals surface area (Å²) >= 11 is 0. The highest BCUT2D eigenvalue weighted by Gasteiger charge is 2.19. The summed E-state index contributed by atoms with van der Waals surface area (Å²) in [5, 5.41) is -0.566. The highest BCUT2D eigenvalue weighted by molar-refractivity contribution is 7.92. The van der Waals surface area contributed by atoms with E-state index in [0.717, 1.165) is 6.26 Å². The van der Waals surface area contributed by atoms with E-state index in [-0.39, 0.29) is 10.5 Å². The highest BCUT2D eigenvalue weighted by Crippen LogP contribution is 2.16. The molecule has 0 heterocycles. The number of hydrogen-bond donors (Lipinski definition) is 1. The van der Waals surface area contributed by atoms with Crippen molar-refractivity contribution in [2.24, 2.45) is 0 Å². The average molecular weight is 305 g/mol. The lowest BCUT2D eigenvalue weighted by molar-refractivity contribution is 0.0981. The number of carbonyl (C=O) groups is 1. The monoisotopic (exact) mass is 305 g/mol. The second kappa shape index (κ2) is 5.30. The number of rotatable bonds is 4. The van der Waals surface area contributed by atoms with Crippen molar-refractivity contribution >= 4 is 25.8 Å². The van der Waals surface area contributed by atoms with Crippen LogP contribution in [0.4, 0.5) is 0 Å². The molecule has 0 aliphatic carbocycles. The standard InChI is InChI=1S/C11H15NO5S2/c1-8(2)19(16,17)10-6-4-9(5-7-10)11(13)12-18(3,14)15/h4-8H,1-3H3,(H,12,13). The minimum atomic E-state index is -3.64. The molecule has 0 fully saturated rings. The maximum absolute atomic E-state index is 11.8. The second-order valence-corrected chi connectivity index (χ2v) is 8.57. The first-order valence-corrected chi connectivity index (χ1v) is 8.84. The normalized spacial score (nSPS) is 12.4. The minimum Gasteiger partial charge on any atom is -0.268 e. The van der Waals surface area contributed by atoms with E-state index in [9.17, 15) is 21.6 Å².